The highest BCUT2D eigenvalue weighted by Gasteiger charge is 2.23. The second-order valence-electron chi connectivity index (χ2n) is 9.24. The van der Waals surface area contributed by atoms with E-state index in [0.717, 1.165) is 39.5 Å². The summed E-state index contributed by atoms with van der Waals surface area (Å²) in [4.78, 5) is 0.204. The minimum atomic E-state index is -3.50. The number of ether oxygens (including phenoxy) is 1. The Morgan fingerprint density at radius 2 is 1.69 bits per heavy atom. The van der Waals surface area contributed by atoms with Gasteiger partial charge in [0.15, 0.2) is 9.84 Å². The molecule has 192 valence electrons. The number of hydrogen-bond acceptors (Lipinski definition) is 6. The van der Waals surface area contributed by atoms with Gasteiger partial charge < -0.3 is 4.74 Å². The van der Waals surface area contributed by atoms with Gasteiger partial charge in [-0.2, -0.15) is 15.3 Å². The standard InChI is InChI=1S/C25H31ClN6O3S/c1-15-10-16(2)32(27-15)13-22-23(36(7,33)34)9-8-19(24(22)26)11-21-18(4)29-31(6)25(21)35-14-20-12-30(5)28-17(20)3/h8-10,12H,11,13-14H2,1-7H3. The van der Waals surface area contributed by atoms with Crippen LogP contribution >= 0.6 is 11.6 Å². The van der Waals surface area contributed by atoms with Gasteiger partial charge in [0.2, 0.25) is 5.88 Å². The van der Waals surface area contributed by atoms with Gasteiger partial charge in [0, 0.05) is 55.4 Å². The first-order valence-corrected chi connectivity index (χ1v) is 13.8. The zero-order valence-corrected chi connectivity index (χ0v) is 23.2. The van der Waals surface area contributed by atoms with Crippen molar-refractivity contribution >= 4 is 21.4 Å². The summed E-state index contributed by atoms with van der Waals surface area (Å²) in [5.74, 6) is 0.638. The molecule has 0 N–H and O–H groups in total. The fourth-order valence-electron chi connectivity index (χ4n) is 4.46. The number of hydrogen-bond donors (Lipinski definition) is 0. The fourth-order valence-corrected chi connectivity index (χ4v) is 5.74. The van der Waals surface area contributed by atoms with Gasteiger partial charge in [-0.1, -0.05) is 17.7 Å². The zero-order valence-electron chi connectivity index (χ0n) is 21.6. The Balaban J connectivity index is 1.71. The fraction of sp³-hybridized carbons (Fsp3) is 0.400. The van der Waals surface area contributed by atoms with Crippen LogP contribution in [0.1, 0.15) is 45.0 Å². The van der Waals surface area contributed by atoms with Gasteiger partial charge in [-0.25, -0.2) is 13.1 Å². The number of aryl methyl sites for hydroxylation is 6. The molecule has 0 aliphatic rings. The van der Waals surface area contributed by atoms with E-state index in [4.69, 9.17) is 16.3 Å². The normalized spacial score (nSPS) is 11.9. The van der Waals surface area contributed by atoms with Crippen LogP contribution in [0, 0.1) is 27.7 Å². The molecule has 0 aliphatic carbocycles. The predicted molar refractivity (Wildman–Crippen MR) is 138 cm³/mol. The highest BCUT2D eigenvalue weighted by atomic mass is 35.5. The number of sulfone groups is 1. The molecular weight excluding hydrogens is 500 g/mol. The SMILES string of the molecule is Cc1cc(C)n(Cc2c(S(C)(=O)=O)ccc(Cc3c(C)nn(C)c3OCc3cn(C)nc3C)c2Cl)n1. The molecule has 9 nitrogen and oxygen atoms in total. The first-order valence-electron chi connectivity index (χ1n) is 11.5. The third-order valence-electron chi connectivity index (χ3n) is 6.23. The summed E-state index contributed by atoms with van der Waals surface area (Å²) in [6.07, 6.45) is 3.57. The number of aromatic nitrogens is 6. The quantitative estimate of drug-likeness (QED) is 0.343. The summed E-state index contributed by atoms with van der Waals surface area (Å²) in [6, 6.07) is 5.35. The van der Waals surface area contributed by atoms with E-state index in [-0.39, 0.29) is 11.4 Å². The summed E-state index contributed by atoms with van der Waals surface area (Å²) in [5, 5.41) is 13.8. The average molecular weight is 531 g/mol. The van der Waals surface area contributed by atoms with Crippen LogP contribution in [0.25, 0.3) is 0 Å². The largest absolute Gasteiger partial charge is 0.473 e. The Bertz CT molecular complexity index is 1550. The highest BCUT2D eigenvalue weighted by Crippen LogP contribution is 2.33. The first kappa shape index (κ1) is 26.0. The minimum Gasteiger partial charge on any atom is -0.473 e. The topological polar surface area (TPSA) is 96.8 Å². The van der Waals surface area contributed by atoms with Gasteiger partial charge in [0.1, 0.15) is 6.61 Å². The molecule has 0 radical (unpaired) electrons. The lowest BCUT2D eigenvalue weighted by Gasteiger charge is -2.16. The molecule has 36 heavy (non-hydrogen) atoms. The van der Waals surface area contributed by atoms with E-state index in [0.29, 0.717) is 29.5 Å². The molecule has 1 aromatic carbocycles. The van der Waals surface area contributed by atoms with E-state index in [1.54, 1.807) is 26.2 Å². The lowest BCUT2D eigenvalue weighted by Crippen LogP contribution is -2.11. The van der Waals surface area contributed by atoms with Crippen LogP contribution < -0.4 is 4.74 Å². The van der Waals surface area contributed by atoms with Gasteiger partial charge in [0.25, 0.3) is 0 Å². The van der Waals surface area contributed by atoms with Crippen LogP contribution in [-0.4, -0.2) is 44.0 Å². The van der Waals surface area contributed by atoms with Crippen LogP contribution in [0.5, 0.6) is 5.88 Å². The van der Waals surface area contributed by atoms with Gasteiger partial charge >= 0.3 is 0 Å². The second-order valence-corrected chi connectivity index (χ2v) is 11.6. The maximum atomic E-state index is 12.6. The molecule has 0 amide bonds. The lowest BCUT2D eigenvalue weighted by atomic mass is 10.0. The summed E-state index contributed by atoms with van der Waals surface area (Å²) < 4.78 is 36.6. The van der Waals surface area contributed by atoms with E-state index < -0.39 is 9.84 Å². The molecule has 4 rings (SSSR count). The summed E-state index contributed by atoms with van der Waals surface area (Å²) in [6.45, 7) is 8.32. The monoisotopic (exact) mass is 530 g/mol. The van der Waals surface area contributed by atoms with Crippen molar-refractivity contribution in [2.75, 3.05) is 6.26 Å². The Morgan fingerprint density at radius 1 is 0.972 bits per heavy atom. The smallest absolute Gasteiger partial charge is 0.215 e. The van der Waals surface area contributed by atoms with Crippen LogP contribution in [0.3, 0.4) is 0 Å². The average Bonchev–Trinajstić information content (AvgIpc) is 3.36. The van der Waals surface area contributed by atoms with Gasteiger partial charge in [-0.15, -0.1) is 0 Å². The van der Waals surface area contributed by atoms with Crippen LogP contribution in [0.15, 0.2) is 29.3 Å². The molecule has 0 fully saturated rings. The Hall–Kier alpha value is -3.11. The lowest BCUT2D eigenvalue weighted by molar-refractivity contribution is 0.275. The van der Waals surface area contributed by atoms with Crippen molar-refractivity contribution in [2.24, 2.45) is 14.1 Å². The van der Waals surface area contributed by atoms with Crippen LogP contribution in [0.2, 0.25) is 5.02 Å². The number of rotatable bonds is 8. The van der Waals surface area contributed by atoms with Crippen molar-refractivity contribution < 1.29 is 13.2 Å². The molecule has 11 heteroatoms. The number of halogens is 1. The Morgan fingerprint density at radius 3 is 2.28 bits per heavy atom. The zero-order chi connectivity index (χ0) is 26.4. The van der Waals surface area contributed by atoms with Crippen molar-refractivity contribution in [1.29, 1.82) is 0 Å². The Kier molecular flexibility index (Phi) is 7.03. The minimum absolute atomic E-state index is 0.204. The van der Waals surface area contributed by atoms with Crippen molar-refractivity contribution in [3.8, 4) is 5.88 Å². The molecule has 0 aliphatic heterocycles. The second kappa shape index (κ2) is 9.74. The molecule has 0 saturated carbocycles. The molecule has 0 unspecified atom stereocenters. The van der Waals surface area contributed by atoms with Crippen molar-refractivity contribution in [2.45, 2.75) is 52.2 Å². The number of nitrogens with zero attached hydrogens (tertiary/aromatic N) is 6. The van der Waals surface area contributed by atoms with Gasteiger partial charge in [0.05, 0.1) is 33.5 Å². The molecule has 3 aromatic heterocycles. The molecule has 0 bridgehead atoms. The molecule has 0 saturated heterocycles. The van der Waals surface area contributed by atoms with Gasteiger partial charge in [-0.3, -0.25) is 9.36 Å². The van der Waals surface area contributed by atoms with E-state index in [1.807, 2.05) is 54.1 Å². The van der Waals surface area contributed by atoms with Crippen LogP contribution in [-0.2, 0) is 43.5 Å². The third kappa shape index (κ3) is 5.19. The van der Waals surface area contributed by atoms with Crippen molar-refractivity contribution in [3.63, 3.8) is 0 Å². The van der Waals surface area contributed by atoms with E-state index in [2.05, 4.69) is 15.3 Å². The van der Waals surface area contributed by atoms with E-state index in [1.165, 1.54) is 6.26 Å². The van der Waals surface area contributed by atoms with Crippen molar-refractivity contribution in [1.82, 2.24) is 29.3 Å². The molecule has 0 atom stereocenters. The summed E-state index contributed by atoms with van der Waals surface area (Å²) in [7, 11) is 0.215. The van der Waals surface area contributed by atoms with Crippen molar-refractivity contribution in [3.05, 3.63) is 74.4 Å². The molecule has 3 heterocycles. The third-order valence-corrected chi connectivity index (χ3v) is 7.88. The predicted octanol–water partition coefficient (Wildman–Crippen LogP) is 3.86. The molecule has 0 spiro atoms. The van der Waals surface area contributed by atoms with E-state index in [9.17, 15) is 8.42 Å². The molecule has 4 aromatic rings. The first-order chi connectivity index (χ1) is 16.8. The summed E-state index contributed by atoms with van der Waals surface area (Å²) >= 11 is 6.90. The maximum Gasteiger partial charge on any atom is 0.215 e. The number of benzene rings is 1. The Labute approximate surface area is 216 Å². The summed E-state index contributed by atoms with van der Waals surface area (Å²) in [5.41, 5.74) is 6.72. The van der Waals surface area contributed by atoms with Crippen LogP contribution in [0.4, 0.5) is 0 Å². The van der Waals surface area contributed by atoms with E-state index >= 15 is 0 Å². The van der Waals surface area contributed by atoms with Gasteiger partial charge in [-0.05, 0) is 45.4 Å². The highest BCUT2D eigenvalue weighted by molar-refractivity contribution is 7.90. The molecular formula is C25H31ClN6O3S. The maximum absolute atomic E-state index is 12.6.